The van der Waals surface area contributed by atoms with Crippen molar-refractivity contribution in [3.8, 4) is 23.0 Å². The molecule has 2 amide bonds. The summed E-state index contributed by atoms with van der Waals surface area (Å²) in [5.74, 6) is 1.03. The normalized spacial score (nSPS) is 11.8. The van der Waals surface area contributed by atoms with Crippen molar-refractivity contribution < 1.29 is 57.1 Å². The van der Waals surface area contributed by atoms with Crippen molar-refractivity contribution in [2.75, 3.05) is 52.7 Å². The van der Waals surface area contributed by atoms with E-state index in [1.54, 1.807) is 30.3 Å². The summed E-state index contributed by atoms with van der Waals surface area (Å²) in [4.78, 5) is 48.2. The van der Waals surface area contributed by atoms with Crippen LogP contribution in [0, 0.1) is 0 Å². The Labute approximate surface area is 353 Å². The monoisotopic (exact) mass is 832 g/mol. The molecule has 0 heterocycles. The molecule has 0 saturated heterocycles. The minimum absolute atomic E-state index is 0.00582. The van der Waals surface area contributed by atoms with E-state index in [9.17, 15) is 19.2 Å². The smallest absolute Gasteiger partial charge is 0.407 e. The van der Waals surface area contributed by atoms with Gasteiger partial charge in [-0.15, -0.1) is 0 Å². The van der Waals surface area contributed by atoms with Crippen LogP contribution in [0.25, 0.3) is 0 Å². The molecule has 0 aliphatic rings. The summed E-state index contributed by atoms with van der Waals surface area (Å²) in [5.41, 5.74) is 0.734. The van der Waals surface area contributed by atoms with Gasteiger partial charge in [0.1, 0.15) is 37.9 Å². The number of unbranched alkanes of at least 4 members (excludes halogenated alkanes) is 4. The highest BCUT2D eigenvalue weighted by Gasteiger charge is 2.23. The van der Waals surface area contributed by atoms with Crippen LogP contribution >= 0.6 is 0 Å². The molecule has 0 saturated carbocycles. The molecule has 326 valence electrons. The summed E-state index contributed by atoms with van der Waals surface area (Å²) in [6.07, 6.45) is 3.39. The average molecular weight is 833 g/mol. The topological polar surface area (TPSA) is 166 Å². The summed E-state index contributed by atoms with van der Waals surface area (Å²) in [7, 11) is 0. The Kier molecular flexibility index (Phi) is 22.1. The van der Waals surface area contributed by atoms with Crippen LogP contribution in [0.3, 0.4) is 0 Å². The van der Waals surface area contributed by atoms with E-state index in [2.05, 4.69) is 44.6 Å². The number of ether oxygens (including phenoxy) is 8. The third-order valence-electron chi connectivity index (χ3n) is 8.57. The lowest BCUT2D eigenvalue weighted by Crippen LogP contribution is -2.36. The number of alkyl carbamates (subject to hydrolysis) is 2. The first kappa shape index (κ1) is 48.2. The lowest BCUT2D eigenvalue weighted by atomic mass is 9.87. The highest BCUT2D eigenvalue weighted by atomic mass is 16.6. The Hall–Kier alpha value is -6.18. The predicted octanol–water partition coefficient (Wildman–Crippen LogP) is 7.89. The maximum atomic E-state index is 12.9. The van der Waals surface area contributed by atoms with Crippen molar-refractivity contribution in [1.29, 1.82) is 0 Å². The van der Waals surface area contributed by atoms with E-state index in [4.69, 9.17) is 37.9 Å². The van der Waals surface area contributed by atoms with Gasteiger partial charge in [-0.1, -0.05) is 76.4 Å². The zero-order valence-corrected chi connectivity index (χ0v) is 35.0. The van der Waals surface area contributed by atoms with Crippen LogP contribution in [0.4, 0.5) is 9.59 Å². The first-order valence-electron chi connectivity index (χ1n) is 20.2. The SMILES string of the molecule is C=CC(=O)OCCCCCNC(=O)OC(COc1ccccc1)COc1ccc(C(C)(C)C)cc1OCC(COc1ccccc1)OC(=O)NCCCCCOC(=O)C=C. The number of benzene rings is 3. The van der Waals surface area contributed by atoms with Gasteiger partial charge in [0.15, 0.2) is 23.7 Å². The van der Waals surface area contributed by atoms with Crippen molar-refractivity contribution in [1.82, 2.24) is 10.6 Å². The highest BCUT2D eigenvalue weighted by molar-refractivity contribution is 5.81. The van der Waals surface area contributed by atoms with Gasteiger partial charge in [0.25, 0.3) is 0 Å². The fraction of sp³-hybridized carbons (Fsp3) is 0.435. The van der Waals surface area contributed by atoms with E-state index in [-0.39, 0.29) is 45.1 Å². The number of para-hydroxylation sites is 2. The number of hydrogen-bond acceptors (Lipinski definition) is 12. The van der Waals surface area contributed by atoms with Crippen LogP contribution in [0.15, 0.2) is 104 Å². The van der Waals surface area contributed by atoms with Gasteiger partial charge in [0.2, 0.25) is 0 Å². The summed E-state index contributed by atoms with van der Waals surface area (Å²) >= 11 is 0. The van der Waals surface area contributed by atoms with E-state index in [0.29, 0.717) is 61.8 Å². The minimum Gasteiger partial charge on any atom is -0.490 e. The van der Waals surface area contributed by atoms with E-state index < -0.39 is 36.3 Å². The van der Waals surface area contributed by atoms with E-state index >= 15 is 0 Å². The second-order valence-electron chi connectivity index (χ2n) is 14.6. The molecule has 0 fully saturated rings. The molecule has 0 aromatic heterocycles. The van der Waals surface area contributed by atoms with Crippen molar-refractivity contribution in [3.05, 3.63) is 110 Å². The van der Waals surface area contributed by atoms with Crippen LogP contribution in [0.5, 0.6) is 23.0 Å². The molecule has 3 rings (SSSR count). The zero-order chi connectivity index (χ0) is 43.4. The van der Waals surface area contributed by atoms with Gasteiger partial charge in [-0.05, 0) is 85.9 Å². The van der Waals surface area contributed by atoms with Crippen LogP contribution in [0.2, 0.25) is 0 Å². The van der Waals surface area contributed by atoms with E-state index in [0.717, 1.165) is 30.6 Å². The van der Waals surface area contributed by atoms with E-state index in [1.165, 1.54) is 0 Å². The molecule has 2 unspecified atom stereocenters. The van der Waals surface area contributed by atoms with Gasteiger partial charge >= 0.3 is 24.1 Å². The number of carbonyl (C=O) groups is 4. The first-order chi connectivity index (χ1) is 29.0. The maximum Gasteiger partial charge on any atom is 0.407 e. The zero-order valence-electron chi connectivity index (χ0n) is 35.0. The molecule has 0 aliphatic heterocycles. The molecule has 0 spiro atoms. The second kappa shape index (κ2) is 27.5. The van der Waals surface area contributed by atoms with Gasteiger partial charge in [0, 0.05) is 25.2 Å². The molecular weight excluding hydrogens is 773 g/mol. The highest BCUT2D eigenvalue weighted by Crippen LogP contribution is 2.34. The third-order valence-corrected chi connectivity index (χ3v) is 8.57. The predicted molar refractivity (Wildman–Crippen MR) is 227 cm³/mol. The molecule has 2 N–H and O–H groups in total. The minimum atomic E-state index is -0.823. The molecule has 0 radical (unpaired) electrons. The van der Waals surface area contributed by atoms with Crippen molar-refractivity contribution >= 4 is 24.1 Å². The summed E-state index contributed by atoms with van der Waals surface area (Å²) < 4.78 is 46.0. The average Bonchev–Trinajstić information content (AvgIpc) is 3.25. The quantitative estimate of drug-likeness (QED) is 0.0315. The first-order valence-corrected chi connectivity index (χ1v) is 20.2. The summed E-state index contributed by atoms with van der Waals surface area (Å²) in [6.45, 7) is 14.1. The molecule has 14 heteroatoms. The maximum absolute atomic E-state index is 12.9. The fourth-order valence-corrected chi connectivity index (χ4v) is 5.25. The standard InChI is InChI=1S/C46H60N2O12/c1-6-42(49)53-28-18-10-16-26-47-44(51)59-38(31-55-36-20-12-8-13-21-36)33-57-40-25-24-35(46(3,4)5)30-41(40)58-34-39(32-56-37-22-14-9-15-23-37)60-45(52)48-27-17-11-19-29-54-43(50)7-2/h6-9,12-15,20-25,30,38-39H,1-2,10-11,16-19,26-29,31-34H2,3-5H3,(H,47,51)(H,48,52). The molecule has 60 heavy (non-hydrogen) atoms. The Bertz CT molecular complexity index is 1750. The molecule has 0 bridgehead atoms. The van der Waals surface area contributed by atoms with Crippen molar-refractivity contribution in [3.63, 3.8) is 0 Å². The summed E-state index contributed by atoms with van der Waals surface area (Å²) in [6, 6.07) is 23.9. The molecule has 3 aromatic carbocycles. The van der Waals surface area contributed by atoms with Gasteiger partial charge in [0.05, 0.1) is 13.2 Å². The van der Waals surface area contributed by atoms with Crippen LogP contribution in [-0.2, 0) is 34.0 Å². The Morgan fingerprint density at radius 1 is 0.567 bits per heavy atom. The Morgan fingerprint density at radius 2 is 1.00 bits per heavy atom. The fourth-order valence-electron chi connectivity index (χ4n) is 5.25. The largest absolute Gasteiger partial charge is 0.490 e. The summed E-state index contributed by atoms with van der Waals surface area (Å²) in [5, 5.41) is 5.52. The molecule has 3 aromatic rings. The third kappa shape index (κ3) is 20.5. The van der Waals surface area contributed by atoms with Crippen LogP contribution < -0.4 is 29.6 Å². The Morgan fingerprint density at radius 3 is 1.43 bits per heavy atom. The lowest BCUT2D eigenvalue weighted by molar-refractivity contribution is -0.138. The van der Waals surface area contributed by atoms with Crippen molar-refractivity contribution in [2.24, 2.45) is 0 Å². The Balaban J connectivity index is 1.67. The van der Waals surface area contributed by atoms with Crippen molar-refractivity contribution in [2.45, 2.75) is 76.9 Å². The molecular formula is C46H60N2O12. The van der Waals surface area contributed by atoms with Gasteiger partial charge in [-0.2, -0.15) is 0 Å². The number of hydrogen-bond donors (Lipinski definition) is 2. The van der Waals surface area contributed by atoms with Gasteiger partial charge < -0.3 is 48.5 Å². The van der Waals surface area contributed by atoms with Crippen LogP contribution in [-0.4, -0.2) is 89.1 Å². The molecule has 14 nitrogen and oxygen atoms in total. The lowest BCUT2D eigenvalue weighted by Gasteiger charge is -2.24. The van der Waals surface area contributed by atoms with Crippen LogP contribution in [0.1, 0.15) is 64.9 Å². The second-order valence-corrected chi connectivity index (χ2v) is 14.6. The van der Waals surface area contributed by atoms with Gasteiger partial charge in [-0.25, -0.2) is 19.2 Å². The van der Waals surface area contributed by atoms with E-state index in [1.807, 2.05) is 48.5 Å². The number of rotatable bonds is 28. The molecule has 2 atom stereocenters. The number of amides is 2. The van der Waals surface area contributed by atoms with Gasteiger partial charge in [-0.3, -0.25) is 0 Å². The molecule has 0 aliphatic carbocycles. The number of nitrogens with one attached hydrogen (secondary N) is 2. The number of esters is 2. The number of carbonyl (C=O) groups excluding carboxylic acids is 4.